The Bertz CT molecular complexity index is 76.4. The zero-order chi connectivity index (χ0) is 11.2. The first-order chi connectivity index (χ1) is 6.68. The first kappa shape index (κ1) is 16.4. The molecule has 0 aliphatic carbocycles. The third-order valence-corrected chi connectivity index (χ3v) is 2.10. The fourth-order valence-electron chi connectivity index (χ4n) is 0.892. The Morgan fingerprint density at radius 3 is 1.71 bits per heavy atom. The summed E-state index contributed by atoms with van der Waals surface area (Å²) in [5.74, 6) is 0. The maximum Gasteiger partial charge on any atom is 0.0509 e. The van der Waals surface area contributed by atoms with Gasteiger partial charge >= 0.3 is 0 Å². The van der Waals surface area contributed by atoms with Crippen LogP contribution in [0.15, 0.2) is 0 Å². The van der Waals surface area contributed by atoms with Crippen molar-refractivity contribution in [2.24, 2.45) is 0 Å². The van der Waals surface area contributed by atoms with E-state index in [1.54, 1.807) is 6.92 Å². The van der Waals surface area contributed by atoms with Crippen LogP contribution in [0.2, 0.25) is 0 Å². The van der Waals surface area contributed by atoms with Crippen LogP contribution in [0.25, 0.3) is 0 Å². The summed E-state index contributed by atoms with van der Waals surface area (Å²) in [6, 6.07) is 0. The topological polar surface area (TPSA) is 40.5 Å². The largest absolute Gasteiger partial charge is 0.396 e. The van der Waals surface area contributed by atoms with E-state index in [1.807, 2.05) is 6.92 Å². The number of aliphatic hydroxyl groups is 2. The minimum absolute atomic E-state index is 0.116. The molecular weight excluding hydrogens is 176 g/mol. The molecule has 0 aliphatic heterocycles. The van der Waals surface area contributed by atoms with Gasteiger partial charge in [-0.05, 0) is 19.8 Å². The highest BCUT2D eigenvalue weighted by Crippen LogP contribution is 2.03. The summed E-state index contributed by atoms with van der Waals surface area (Å²) in [5, 5.41) is 16.8. The molecule has 2 N–H and O–H groups in total. The molecule has 14 heavy (non-hydrogen) atoms. The van der Waals surface area contributed by atoms with Gasteiger partial charge in [-0.15, -0.1) is 0 Å². The van der Waals surface area contributed by atoms with Crippen molar-refractivity contribution in [3.05, 3.63) is 0 Å². The van der Waals surface area contributed by atoms with Crippen molar-refractivity contribution in [1.29, 1.82) is 0 Å². The molecule has 0 heterocycles. The van der Waals surface area contributed by atoms with Crippen LogP contribution in [-0.2, 0) is 0 Å². The van der Waals surface area contributed by atoms with Gasteiger partial charge < -0.3 is 10.2 Å². The maximum atomic E-state index is 8.42. The minimum Gasteiger partial charge on any atom is -0.396 e. The molecule has 0 saturated carbocycles. The predicted octanol–water partition coefficient (Wildman–Crippen LogP) is 3.12. The van der Waals surface area contributed by atoms with E-state index in [0.29, 0.717) is 6.61 Å². The van der Waals surface area contributed by atoms with Gasteiger partial charge in [0.25, 0.3) is 0 Å². The zero-order valence-electron chi connectivity index (χ0n) is 10.1. The van der Waals surface area contributed by atoms with E-state index in [2.05, 4.69) is 6.92 Å². The van der Waals surface area contributed by atoms with Crippen LogP contribution in [0.4, 0.5) is 0 Å². The highest BCUT2D eigenvalue weighted by atomic mass is 16.3. The van der Waals surface area contributed by atoms with Crippen LogP contribution in [0, 0.1) is 0 Å². The molecule has 0 rings (SSSR count). The van der Waals surface area contributed by atoms with Gasteiger partial charge in [0.05, 0.1) is 6.10 Å². The molecule has 0 fully saturated rings. The van der Waals surface area contributed by atoms with Crippen molar-refractivity contribution in [3.8, 4) is 0 Å². The summed E-state index contributed by atoms with van der Waals surface area (Å²) in [6.07, 6.45) is 8.24. The molecule has 2 nitrogen and oxygen atoms in total. The smallest absolute Gasteiger partial charge is 0.0509 e. The van der Waals surface area contributed by atoms with Crippen LogP contribution in [0.1, 0.15) is 65.7 Å². The van der Waals surface area contributed by atoms with E-state index in [4.69, 9.17) is 10.2 Å². The predicted molar refractivity (Wildman–Crippen MR) is 62.4 cm³/mol. The third kappa shape index (κ3) is 22.7. The summed E-state index contributed by atoms with van der Waals surface area (Å²) < 4.78 is 0. The van der Waals surface area contributed by atoms with Crippen molar-refractivity contribution in [2.75, 3.05) is 6.61 Å². The summed E-state index contributed by atoms with van der Waals surface area (Å²) in [4.78, 5) is 0. The van der Waals surface area contributed by atoms with E-state index < -0.39 is 0 Å². The minimum atomic E-state index is -0.116. The third-order valence-electron chi connectivity index (χ3n) is 2.10. The lowest BCUT2D eigenvalue weighted by Gasteiger charge is -1.95. The van der Waals surface area contributed by atoms with Crippen molar-refractivity contribution in [3.63, 3.8) is 0 Å². The Hall–Kier alpha value is -0.0800. The molecule has 1 atom stereocenters. The van der Waals surface area contributed by atoms with E-state index in [1.165, 1.54) is 32.1 Å². The monoisotopic (exact) mass is 204 g/mol. The lowest BCUT2D eigenvalue weighted by Crippen LogP contribution is -1.93. The summed E-state index contributed by atoms with van der Waals surface area (Å²) in [5.41, 5.74) is 0. The van der Waals surface area contributed by atoms with Gasteiger partial charge in [0.2, 0.25) is 0 Å². The molecule has 2 heteroatoms. The van der Waals surface area contributed by atoms with Gasteiger partial charge in [0.1, 0.15) is 0 Å². The quantitative estimate of drug-likeness (QED) is 0.626. The van der Waals surface area contributed by atoms with E-state index in [9.17, 15) is 0 Å². The Morgan fingerprint density at radius 2 is 1.36 bits per heavy atom. The van der Waals surface area contributed by atoms with Crippen LogP contribution in [0.3, 0.4) is 0 Å². The van der Waals surface area contributed by atoms with Gasteiger partial charge in [-0.1, -0.05) is 46.0 Å². The first-order valence-corrected chi connectivity index (χ1v) is 5.97. The second-order valence-electron chi connectivity index (χ2n) is 3.75. The average molecular weight is 204 g/mol. The molecule has 0 aromatic carbocycles. The number of hydrogen-bond acceptors (Lipinski definition) is 2. The van der Waals surface area contributed by atoms with Crippen LogP contribution in [-0.4, -0.2) is 22.9 Å². The number of unbranched alkanes of at least 4 members (excludes halogenated alkanes) is 5. The van der Waals surface area contributed by atoms with Gasteiger partial charge in [-0.2, -0.15) is 0 Å². The molecular formula is C12H28O2. The van der Waals surface area contributed by atoms with Gasteiger partial charge in [-0.3, -0.25) is 0 Å². The fraction of sp³-hybridized carbons (Fsp3) is 1.00. The molecule has 0 amide bonds. The summed E-state index contributed by atoms with van der Waals surface area (Å²) in [7, 11) is 0. The Labute approximate surface area is 89.3 Å². The molecule has 0 aromatic rings. The van der Waals surface area contributed by atoms with E-state index >= 15 is 0 Å². The van der Waals surface area contributed by atoms with Crippen LogP contribution in [0.5, 0.6) is 0 Å². The summed E-state index contributed by atoms with van der Waals surface area (Å²) >= 11 is 0. The van der Waals surface area contributed by atoms with E-state index in [0.717, 1.165) is 12.8 Å². The lowest BCUT2D eigenvalue weighted by molar-refractivity contribution is 0.191. The average Bonchev–Trinajstić information content (AvgIpc) is 2.19. The molecule has 0 saturated heterocycles. The molecule has 1 unspecified atom stereocenters. The van der Waals surface area contributed by atoms with Crippen molar-refractivity contribution in [1.82, 2.24) is 0 Å². The molecule has 0 radical (unpaired) electrons. The van der Waals surface area contributed by atoms with Crippen LogP contribution < -0.4 is 0 Å². The Morgan fingerprint density at radius 1 is 0.929 bits per heavy atom. The van der Waals surface area contributed by atoms with Crippen LogP contribution >= 0.6 is 0 Å². The van der Waals surface area contributed by atoms with Crippen molar-refractivity contribution < 1.29 is 10.2 Å². The van der Waals surface area contributed by atoms with Crippen molar-refractivity contribution in [2.45, 2.75) is 71.8 Å². The second kappa shape index (κ2) is 15.4. The van der Waals surface area contributed by atoms with E-state index in [-0.39, 0.29) is 6.10 Å². The number of hydrogen-bond donors (Lipinski definition) is 2. The number of rotatable bonds is 7. The maximum absolute atomic E-state index is 8.42. The summed E-state index contributed by atoms with van der Waals surface area (Å²) in [6.45, 7) is 6.31. The highest BCUT2D eigenvalue weighted by molar-refractivity contribution is 4.41. The zero-order valence-corrected chi connectivity index (χ0v) is 10.1. The molecule has 0 bridgehead atoms. The highest BCUT2D eigenvalue weighted by Gasteiger charge is 1.86. The Balaban J connectivity index is 0. The van der Waals surface area contributed by atoms with Crippen molar-refractivity contribution >= 4 is 0 Å². The normalized spacial score (nSPS) is 11.8. The van der Waals surface area contributed by atoms with Gasteiger partial charge in [-0.25, -0.2) is 0 Å². The first-order valence-electron chi connectivity index (χ1n) is 5.97. The van der Waals surface area contributed by atoms with Gasteiger partial charge in [0, 0.05) is 6.61 Å². The van der Waals surface area contributed by atoms with Gasteiger partial charge in [0.15, 0.2) is 0 Å². The standard InChI is InChI=1S/C8H18O.C4H10O/c1-2-3-4-5-6-7-8-9;1-3-4(2)5/h9H,2-8H2,1H3;4-5H,3H2,1-2H3. The molecule has 88 valence electrons. The second-order valence-corrected chi connectivity index (χ2v) is 3.75. The molecule has 0 spiro atoms. The molecule has 0 aliphatic rings. The Kier molecular flexibility index (Phi) is 18.0. The fourth-order valence-corrected chi connectivity index (χ4v) is 0.892. The number of aliphatic hydroxyl groups excluding tert-OH is 2. The molecule has 0 aromatic heterocycles. The SMILES string of the molecule is CCC(C)O.CCCCCCCCO. The lowest BCUT2D eigenvalue weighted by atomic mass is 10.1.